The molecule has 1 aliphatic heterocycles. The van der Waals surface area contributed by atoms with Gasteiger partial charge in [-0.25, -0.2) is 0 Å². The highest BCUT2D eigenvalue weighted by atomic mass is 16.2. The summed E-state index contributed by atoms with van der Waals surface area (Å²) in [5, 5.41) is 9.30. The molecular formula is C17H22N4O. The first-order chi connectivity index (χ1) is 10.5. The number of hydrogen-bond acceptors (Lipinski definition) is 4. The van der Waals surface area contributed by atoms with Crippen LogP contribution in [0.5, 0.6) is 0 Å². The quantitative estimate of drug-likeness (QED) is 0.626. The van der Waals surface area contributed by atoms with E-state index in [9.17, 15) is 10.1 Å². The number of piperazine rings is 1. The van der Waals surface area contributed by atoms with Gasteiger partial charge in [0, 0.05) is 46.0 Å². The Balaban J connectivity index is 2.13. The van der Waals surface area contributed by atoms with Gasteiger partial charge in [0.05, 0.1) is 0 Å². The standard InChI is InChI=1S/C17H22N4O/c1-19(2)16-6-4-14(5-7-16)12-15(13-18)17(22)21-10-8-20(3)9-11-21/h4-7,12H,8-11H2,1-3H3/b15-12+. The highest BCUT2D eigenvalue weighted by Gasteiger charge is 2.21. The van der Waals surface area contributed by atoms with Gasteiger partial charge in [0.25, 0.3) is 5.91 Å². The van der Waals surface area contributed by atoms with E-state index in [0.717, 1.165) is 24.3 Å². The maximum Gasteiger partial charge on any atom is 0.264 e. The van der Waals surface area contributed by atoms with E-state index >= 15 is 0 Å². The summed E-state index contributed by atoms with van der Waals surface area (Å²) in [6.07, 6.45) is 1.67. The number of amides is 1. The van der Waals surface area contributed by atoms with Crippen molar-refractivity contribution < 1.29 is 4.79 Å². The van der Waals surface area contributed by atoms with Crippen LogP contribution in [0.3, 0.4) is 0 Å². The molecule has 1 amide bonds. The van der Waals surface area contributed by atoms with Crippen LogP contribution in [0.15, 0.2) is 29.8 Å². The van der Waals surface area contributed by atoms with E-state index in [-0.39, 0.29) is 11.5 Å². The molecule has 0 aliphatic carbocycles. The molecule has 1 aliphatic rings. The van der Waals surface area contributed by atoms with Crippen LogP contribution >= 0.6 is 0 Å². The molecule has 0 N–H and O–H groups in total. The first-order valence-electron chi connectivity index (χ1n) is 7.38. The number of anilines is 1. The molecule has 1 aromatic carbocycles. The third-order valence-electron chi connectivity index (χ3n) is 3.86. The van der Waals surface area contributed by atoms with Gasteiger partial charge < -0.3 is 14.7 Å². The summed E-state index contributed by atoms with van der Waals surface area (Å²) in [6, 6.07) is 9.83. The van der Waals surface area contributed by atoms with Gasteiger partial charge in [0.1, 0.15) is 11.6 Å². The van der Waals surface area contributed by atoms with E-state index < -0.39 is 0 Å². The normalized spacial score (nSPS) is 16.3. The molecule has 1 aromatic rings. The number of rotatable bonds is 3. The third kappa shape index (κ3) is 3.86. The summed E-state index contributed by atoms with van der Waals surface area (Å²) in [4.78, 5) is 18.4. The Kier molecular flexibility index (Phi) is 5.18. The van der Waals surface area contributed by atoms with Crippen LogP contribution in [-0.4, -0.2) is 63.0 Å². The molecule has 1 fully saturated rings. The van der Waals surface area contributed by atoms with Crippen LogP contribution in [0.4, 0.5) is 5.69 Å². The Morgan fingerprint density at radius 1 is 1.18 bits per heavy atom. The van der Waals surface area contributed by atoms with Crippen molar-refractivity contribution >= 4 is 17.7 Å². The first kappa shape index (κ1) is 16.1. The summed E-state index contributed by atoms with van der Waals surface area (Å²) in [5.41, 5.74) is 2.15. The molecular weight excluding hydrogens is 276 g/mol. The van der Waals surface area contributed by atoms with Gasteiger partial charge in [-0.3, -0.25) is 4.79 Å². The number of nitrogens with zero attached hydrogens (tertiary/aromatic N) is 4. The Morgan fingerprint density at radius 2 is 1.77 bits per heavy atom. The number of benzene rings is 1. The fraction of sp³-hybridized carbons (Fsp3) is 0.412. The lowest BCUT2D eigenvalue weighted by atomic mass is 10.1. The van der Waals surface area contributed by atoms with Crippen molar-refractivity contribution in [1.29, 1.82) is 5.26 Å². The molecule has 2 rings (SSSR count). The Morgan fingerprint density at radius 3 is 2.27 bits per heavy atom. The van der Waals surface area contributed by atoms with E-state index in [0.29, 0.717) is 13.1 Å². The average Bonchev–Trinajstić information content (AvgIpc) is 2.53. The van der Waals surface area contributed by atoms with Crippen LogP contribution in [0, 0.1) is 11.3 Å². The summed E-state index contributed by atoms with van der Waals surface area (Å²) in [6.45, 7) is 3.05. The molecule has 1 heterocycles. The number of carbonyl (C=O) groups excluding carboxylic acids is 1. The zero-order chi connectivity index (χ0) is 16.1. The second-order valence-corrected chi connectivity index (χ2v) is 5.75. The molecule has 5 nitrogen and oxygen atoms in total. The predicted molar refractivity (Wildman–Crippen MR) is 88.4 cm³/mol. The molecule has 116 valence electrons. The van der Waals surface area contributed by atoms with Crippen molar-refractivity contribution in [2.45, 2.75) is 0 Å². The monoisotopic (exact) mass is 298 g/mol. The maximum atomic E-state index is 12.4. The molecule has 0 bridgehead atoms. The molecule has 0 radical (unpaired) electrons. The van der Waals surface area contributed by atoms with Crippen molar-refractivity contribution in [3.05, 3.63) is 35.4 Å². The Hall–Kier alpha value is -2.32. The van der Waals surface area contributed by atoms with Crippen LogP contribution in [0.2, 0.25) is 0 Å². The summed E-state index contributed by atoms with van der Waals surface area (Å²) < 4.78 is 0. The molecule has 0 saturated carbocycles. The SMILES string of the molecule is CN1CCN(C(=O)/C(C#N)=C/c2ccc(N(C)C)cc2)CC1. The first-order valence-corrected chi connectivity index (χ1v) is 7.38. The zero-order valence-electron chi connectivity index (χ0n) is 13.4. The van der Waals surface area contributed by atoms with Gasteiger partial charge in [-0.05, 0) is 30.8 Å². The largest absolute Gasteiger partial charge is 0.378 e. The minimum Gasteiger partial charge on any atom is -0.378 e. The predicted octanol–water partition coefficient (Wildman–Crippen LogP) is 1.43. The number of nitriles is 1. The van der Waals surface area contributed by atoms with E-state index in [2.05, 4.69) is 4.90 Å². The molecule has 0 unspecified atom stereocenters. The lowest BCUT2D eigenvalue weighted by Gasteiger charge is -2.32. The van der Waals surface area contributed by atoms with Crippen LogP contribution in [0.25, 0.3) is 6.08 Å². The van der Waals surface area contributed by atoms with E-state index in [1.54, 1.807) is 11.0 Å². The average molecular weight is 298 g/mol. The van der Waals surface area contributed by atoms with Crippen LogP contribution in [-0.2, 0) is 4.79 Å². The number of likely N-dealkylation sites (N-methyl/N-ethyl adjacent to an activating group) is 1. The van der Waals surface area contributed by atoms with Crippen molar-refractivity contribution in [2.75, 3.05) is 52.2 Å². The molecule has 0 aromatic heterocycles. The second-order valence-electron chi connectivity index (χ2n) is 5.75. The second kappa shape index (κ2) is 7.10. The molecule has 5 heteroatoms. The smallest absolute Gasteiger partial charge is 0.264 e. The van der Waals surface area contributed by atoms with Crippen molar-refractivity contribution in [3.63, 3.8) is 0 Å². The number of carbonyl (C=O) groups is 1. The molecule has 0 spiro atoms. The van der Waals surface area contributed by atoms with Crippen molar-refractivity contribution in [2.24, 2.45) is 0 Å². The summed E-state index contributed by atoms with van der Waals surface area (Å²) >= 11 is 0. The van der Waals surface area contributed by atoms with Gasteiger partial charge in [-0.2, -0.15) is 5.26 Å². The van der Waals surface area contributed by atoms with Crippen molar-refractivity contribution in [3.8, 4) is 6.07 Å². The molecule has 1 saturated heterocycles. The van der Waals surface area contributed by atoms with Gasteiger partial charge in [0.15, 0.2) is 0 Å². The van der Waals surface area contributed by atoms with Crippen LogP contribution in [0.1, 0.15) is 5.56 Å². The van der Waals surface area contributed by atoms with Gasteiger partial charge in [-0.15, -0.1) is 0 Å². The highest BCUT2D eigenvalue weighted by Crippen LogP contribution is 2.15. The highest BCUT2D eigenvalue weighted by molar-refractivity contribution is 6.01. The maximum absolute atomic E-state index is 12.4. The molecule has 22 heavy (non-hydrogen) atoms. The summed E-state index contributed by atoms with van der Waals surface area (Å²) in [7, 11) is 5.99. The summed E-state index contributed by atoms with van der Waals surface area (Å²) in [5.74, 6) is -0.174. The van der Waals surface area contributed by atoms with Crippen molar-refractivity contribution in [1.82, 2.24) is 9.80 Å². The number of hydrogen-bond donors (Lipinski definition) is 0. The minimum absolute atomic E-state index is 0.174. The lowest BCUT2D eigenvalue weighted by molar-refractivity contribution is -0.128. The minimum atomic E-state index is -0.174. The lowest BCUT2D eigenvalue weighted by Crippen LogP contribution is -2.47. The molecule has 0 atom stereocenters. The van der Waals surface area contributed by atoms with E-state index in [1.165, 1.54) is 0 Å². The fourth-order valence-electron chi connectivity index (χ4n) is 2.36. The van der Waals surface area contributed by atoms with Gasteiger partial charge in [-0.1, -0.05) is 12.1 Å². The zero-order valence-corrected chi connectivity index (χ0v) is 13.4. The Labute approximate surface area is 132 Å². The van der Waals surface area contributed by atoms with E-state index in [4.69, 9.17) is 0 Å². The third-order valence-corrected chi connectivity index (χ3v) is 3.86. The van der Waals surface area contributed by atoms with E-state index in [1.807, 2.05) is 56.4 Å². The topological polar surface area (TPSA) is 50.6 Å². The Bertz CT molecular complexity index is 590. The fourth-order valence-corrected chi connectivity index (χ4v) is 2.36. The van der Waals surface area contributed by atoms with Crippen LogP contribution < -0.4 is 4.90 Å². The van der Waals surface area contributed by atoms with Gasteiger partial charge >= 0.3 is 0 Å². The van der Waals surface area contributed by atoms with Gasteiger partial charge in [0.2, 0.25) is 0 Å².